The summed E-state index contributed by atoms with van der Waals surface area (Å²) in [5, 5.41) is 2.75. The summed E-state index contributed by atoms with van der Waals surface area (Å²) in [5.41, 5.74) is 0.409. The first kappa shape index (κ1) is 14.1. The molecule has 2 heterocycles. The molecule has 7 heteroatoms. The van der Waals surface area contributed by atoms with Crippen LogP contribution in [0.3, 0.4) is 0 Å². The second-order valence-electron chi connectivity index (χ2n) is 4.81. The van der Waals surface area contributed by atoms with Crippen molar-refractivity contribution in [2.45, 2.75) is 12.5 Å². The van der Waals surface area contributed by atoms with E-state index in [9.17, 15) is 9.59 Å². The minimum absolute atomic E-state index is 0.173. The van der Waals surface area contributed by atoms with Crippen LogP contribution >= 0.6 is 0 Å². The number of H-pyrrole nitrogens is 1. The number of carbonyl (C=O) groups excluding carboxylic acids is 1. The first-order chi connectivity index (χ1) is 10.7. The van der Waals surface area contributed by atoms with Gasteiger partial charge in [0, 0.05) is 24.7 Å². The molecule has 1 aliphatic rings. The van der Waals surface area contributed by atoms with Gasteiger partial charge in [0.25, 0.3) is 11.5 Å². The molecule has 1 aromatic carbocycles. The van der Waals surface area contributed by atoms with Crippen molar-refractivity contribution in [3.05, 3.63) is 52.7 Å². The van der Waals surface area contributed by atoms with Gasteiger partial charge in [0.05, 0.1) is 6.33 Å². The lowest BCUT2D eigenvalue weighted by molar-refractivity contribution is -0.130. The van der Waals surface area contributed by atoms with Gasteiger partial charge in [-0.1, -0.05) is 12.1 Å². The third-order valence-corrected chi connectivity index (χ3v) is 3.22. The average molecular weight is 301 g/mol. The molecule has 0 saturated carbocycles. The van der Waals surface area contributed by atoms with Crippen LogP contribution in [0.15, 0.2) is 41.5 Å². The van der Waals surface area contributed by atoms with Gasteiger partial charge >= 0.3 is 0 Å². The maximum atomic E-state index is 12.1. The highest BCUT2D eigenvalue weighted by atomic mass is 16.6. The van der Waals surface area contributed by atoms with Gasteiger partial charge in [-0.05, 0) is 12.1 Å². The highest BCUT2D eigenvalue weighted by Crippen LogP contribution is 2.30. The molecule has 0 unspecified atom stereocenters. The molecule has 1 aromatic heterocycles. The Labute approximate surface area is 126 Å². The molecule has 114 valence electrons. The number of rotatable bonds is 4. The second-order valence-corrected chi connectivity index (χ2v) is 4.81. The van der Waals surface area contributed by atoms with Crippen molar-refractivity contribution in [2.75, 3.05) is 13.2 Å². The van der Waals surface area contributed by atoms with E-state index >= 15 is 0 Å². The van der Waals surface area contributed by atoms with Crippen LogP contribution in [-0.2, 0) is 11.2 Å². The summed E-state index contributed by atoms with van der Waals surface area (Å²) >= 11 is 0. The Bertz CT molecular complexity index is 728. The summed E-state index contributed by atoms with van der Waals surface area (Å²) in [6, 6.07) is 8.62. The minimum Gasteiger partial charge on any atom is -0.485 e. The molecule has 0 radical (unpaired) electrons. The molecule has 7 nitrogen and oxygen atoms in total. The zero-order valence-corrected chi connectivity index (χ0v) is 11.7. The van der Waals surface area contributed by atoms with Gasteiger partial charge in [-0.3, -0.25) is 9.59 Å². The lowest BCUT2D eigenvalue weighted by Crippen LogP contribution is -2.44. The van der Waals surface area contributed by atoms with E-state index in [1.807, 2.05) is 12.1 Å². The molecule has 0 spiro atoms. The van der Waals surface area contributed by atoms with Crippen LogP contribution in [0.2, 0.25) is 0 Å². The third kappa shape index (κ3) is 3.25. The van der Waals surface area contributed by atoms with Crippen molar-refractivity contribution < 1.29 is 14.3 Å². The van der Waals surface area contributed by atoms with E-state index in [1.54, 1.807) is 12.1 Å². The highest BCUT2D eigenvalue weighted by molar-refractivity contribution is 5.81. The van der Waals surface area contributed by atoms with Crippen molar-refractivity contribution >= 4 is 5.91 Å². The number of para-hydroxylation sites is 2. The first-order valence-electron chi connectivity index (χ1n) is 6.92. The van der Waals surface area contributed by atoms with Crippen LogP contribution in [0.4, 0.5) is 0 Å². The number of nitrogens with zero attached hydrogens (tertiary/aromatic N) is 1. The molecule has 1 aliphatic heterocycles. The number of ether oxygens (including phenoxy) is 2. The predicted molar refractivity (Wildman–Crippen MR) is 77.9 cm³/mol. The number of benzene rings is 1. The Balaban J connectivity index is 1.52. The average Bonchev–Trinajstić information content (AvgIpc) is 2.54. The largest absolute Gasteiger partial charge is 0.485 e. The maximum absolute atomic E-state index is 12.1. The van der Waals surface area contributed by atoms with E-state index < -0.39 is 6.10 Å². The maximum Gasteiger partial charge on any atom is 0.264 e. The van der Waals surface area contributed by atoms with Gasteiger partial charge in [0.15, 0.2) is 11.5 Å². The molecule has 0 aliphatic carbocycles. The monoisotopic (exact) mass is 301 g/mol. The molecule has 22 heavy (non-hydrogen) atoms. The summed E-state index contributed by atoms with van der Waals surface area (Å²) in [6.45, 7) is 0.545. The fourth-order valence-corrected chi connectivity index (χ4v) is 2.12. The number of aromatic nitrogens is 2. The summed E-state index contributed by atoms with van der Waals surface area (Å²) < 4.78 is 11.1. The number of aromatic amines is 1. The first-order valence-corrected chi connectivity index (χ1v) is 6.92. The zero-order chi connectivity index (χ0) is 15.4. The minimum atomic E-state index is -0.679. The summed E-state index contributed by atoms with van der Waals surface area (Å²) in [5.74, 6) is 0.948. The molecule has 1 atom stereocenters. The van der Waals surface area contributed by atoms with Gasteiger partial charge in [-0.2, -0.15) is 0 Å². The number of hydrogen-bond acceptors (Lipinski definition) is 5. The van der Waals surface area contributed by atoms with E-state index in [0.717, 1.165) is 0 Å². The number of nitrogens with one attached hydrogen (secondary N) is 2. The van der Waals surface area contributed by atoms with Crippen molar-refractivity contribution in [1.29, 1.82) is 0 Å². The van der Waals surface area contributed by atoms with E-state index in [4.69, 9.17) is 9.47 Å². The van der Waals surface area contributed by atoms with Crippen molar-refractivity contribution in [2.24, 2.45) is 0 Å². The number of fused-ring (bicyclic) bond motifs is 1. The molecule has 0 fully saturated rings. The zero-order valence-electron chi connectivity index (χ0n) is 11.7. The van der Waals surface area contributed by atoms with Crippen molar-refractivity contribution in [3.63, 3.8) is 0 Å². The molecule has 1 amide bonds. The van der Waals surface area contributed by atoms with Crippen LogP contribution in [-0.4, -0.2) is 35.1 Å². The summed E-state index contributed by atoms with van der Waals surface area (Å²) in [4.78, 5) is 29.6. The molecule has 0 bridgehead atoms. The normalized spacial score (nSPS) is 16.1. The summed E-state index contributed by atoms with van der Waals surface area (Å²) in [6.07, 6.45) is 1.14. The van der Waals surface area contributed by atoms with Crippen LogP contribution in [0, 0.1) is 0 Å². The van der Waals surface area contributed by atoms with Crippen molar-refractivity contribution in [3.8, 4) is 11.5 Å². The fourth-order valence-electron chi connectivity index (χ4n) is 2.12. The lowest BCUT2D eigenvalue weighted by Gasteiger charge is -2.25. The standard InChI is InChI=1S/C15H15N3O4/c19-14-7-10(17-9-18-14)5-6-16-15(20)13-8-21-11-3-1-2-4-12(11)22-13/h1-4,7,9,13H,5-6,8H2,(H,16,20)(H,17,18,19)/t13-/m0/s1. The Morgan fingerprint density at radius 3 is 3.00 bits per heavy atom. The number of carbonyl (C=O) groups is 1. The number of hydrogen-bond donors (Lipinski definition) is 2. The second kappa shape index (κ2) is 6.30. The molecule has 2 aromatic rings. The van der Waals surface area contributed by atoms with Gasteiger partial charge in [0.1, 0.15) is 6.61 Å². The quantitative estimate of drug-likeness (QED) is 0.845. The summed E-state index contributed by atoms with van der Waals surface area (Å²) in [7, 11) is 0. The SMILES string of the molecule is O=C(NCCc1cc(=O)[nH]cn1)[C@@H]1COc2ccccc2O1. The van der Waals surface area contributed by atoms with E-state index in [1.165, 1.54) is 12.4 Å². The van der Waals surface area contributed by atoms with Gasteiger partial charge in [0.2, 0.25) is 6.10 Å². The lowest BCUT2D eigenvalue weighted by atomic mass is 10.2. The molecule has 3 rings (SSSR count). The fraction of sp³-hybridized carbons (Fsp3) is 0.267. The molecular formula is C15H15N3O4. The Hall–Kier alpha value is -2.83. The van der Waals surface area contributed by atoms with Crippen LogP contribution in [0.1, 0.15) is 5.69 Å². The Kier molecular flexibility index (Phi) is 4.04. The van der Waals surface area contributed by atoms with Gasteiger partial charge in [-0.15, -0.1) is 0 Å². The van der Waals surface area contributed by atoms with E-state index in [2.05, 4.69) is 15.3 Å². The smallest absolute Gasteiger partial charge is 0.264 e. The van der Waals surface area contributed by atoms with E-state index in [0.29, 0.717) is 30.2 Å². The Morgan fingerprint density at radius 1 is 1.36 bits per heavy atom. The van der Waals surface area contributed by atoms with Crippen LogP contribution < -0.4 is 20.3 Å². The Morgan fingerprint density at radius 2 is 2.18 bits per heavy atom. The van der Waals surface area contributed by atoms with Gasteiger partial charge < -0.3 is 19.8 Å². The van der Waals surface area contributed by atoms with Gasteiger partial charge in [-0.25, -0.2) is 4.98 Å². The molecular weight excluding hydrogens is 286 g/mol. The molecule has 0 saturated heterocycles. The molecule has 2 N–H and O–H groups in total. The van der Waals surface area contributed by atoms with E-state index in [-0.39, 0.29) is 18.1 Å². The highest BCUT2D eigenvalue weighted by Gasteiger charge is 2.26. The number of amides is 1. The third-order valence-electron chi connectivity index (χ3n) is 3.22. The predicted octanol–water partition coefficient (Wildman–Crippen LogP) is 0.269. The van der Waals surface area contributed by atoms with Crippen LogP contribution in [0.25, 0.3) is 0 Å². The van der Waals surface area contributed by atoms with Crippen molar-refractivity contribution in [1.82, 2.24) is 15.3 Å². The topological polar surface area (TPSA) is 93.3 Å². The van der Waals surface area contributed by atoms with Crippen LogP contribution in [0.5, 0.6) is 11.5 Å².